The van der Waals surface area contributed by atoms with Crippen molar-refractivity contribution in [3.63, 3.8) is 0 Å². The number of carbonyl (C=O) groups is 2. The van der Waals surface area contributed by atoms with Gasteiger partial charge in [0.05, 0.1) is 11.3 Å². The molecule has 2 aliphatic heterocycles. The number of hydrogen-bond donors (Lipinski definition) is 1. The number of amides is 2. The minimum atomic E-state index is -0.435. The molecule has 0 radical (unpaired) electrons. The van der Waals surface area contributed by atoms with Crippen LogP contribution >= 0.6 is 0 Å². The standard InChI is InChI=1S/C23H31N5O2/c1-16-14-17(2)28(25-16)18(3)22(29)24-19-8-9-21(26-10-4-5-11-26)20(15-19)23(30)27-12-6-7-13-27/h8-9,14-15,18H,4-7,10-13H2,1-3H3,(H,24,29)/t18-/m1/s1. The zero-order valence-corrected chi connectivity index (χ0v) is 18.1. The normalized spacial score (nSPS) is 17.4. The Morgan fingerprint density at radius 1 is 1.00 bits per heavy atom. The van der Waals surface area contributed by atoms with E-state index in [0.29, 0.717) is 11.3 Å². The fourth-order valence-corrected chi connectivity index (χ4v) is 4.51. The van der Waals surface area contributed by atoms with Crippen LogP contribution in [0.5, 0.6) is 0 Å². The Labute approximate surface area is 178 Å². The Balaban J connectivity index is 1.58. The molecule has 7 heteroatoms. The van der Waals surface area contributed by atoms with Gasteiger partial charge in [-0.25, -0.2) is 0 Å². The van der Waals surface area contributed by atoms with Crippen molar-refractivity contribution in [2.75, 3.05) is 36.4 Å². The third-order valence-corrected chi connectivity index (χ3v) is 6.13. The summed E-state index contributed by atoms with van der Waals surface area (Å²) in [7, 11) is 0. The van der Waals surface area contributed by atoms with E-state index in [1.54, 1.807) is 4.68 Å². The zero-order chi connectivity index (χ0) is 21.3. The van der Waals surface area contributed by atoms with E-state index in [1.807, 2.05) is 49.9 Å². The second-order valence-corrected chi connectivity index (χ2v) is 8.46. The van der Waals surface area contributed by atoms with E-state index in [2.05, 4.69) is 15.3 Å². The summed E-state index contributed by atoms with van der Waals surface area (Å²) in [5, 5.41) is 7.42. The molecule has 1 aromatic carbocycles. The topological polar surface area (TPSA) is 70.5 Å². The van der Waals surface area contributed by atoms with Gasteiger partial charge in [-0.05, 0) is 70.7 Å². The van der Waals surface area contributed by atoms with E-state index < -0.39 is 6.04 Å². The molecule has 2 saturated heterocycles. The van der Waals surface area contributed by atoms with Crippen LogP contribution in [0.1, 0.15) is 60.4 Å². The van der Waals surface area contributed by atoms with Gasteiger partial charge in [0.2, 0.25) is 5.91 Å². The molecular weight excluding hydrogens is 378 g/mol. The fraction of sp³-hybridized carbons (Fsp3) is 0.522. The maximum Gasteiger partial charge on any atom is 0.256 e. The lowest BCUT2D eigenvalue weighted by molar-refractivity contribution is -0.119. The molecule has 2 fully saturated rings. The van der Waals surface area contributed by atoms with Crippen molar-refractivity contribution in [1.29, 1.82) is 0 Å². The first kappa shape index (κ1) is 20.4. The molecule has 30 heavy (non-hydrogen) atoms. The van der Waals surface area contributed by atoms with Crippen LogP contribution < -0.4 is 10.2 Å². The lowest BCUT2D eigenvalue weighted by Gasteiger charge is -2.24. The first-order chi connectivity index (χ1) is 14.4. The third-order valence-electron chi connectivity index (χ3n) is 6.13. The average molecular weight is 410 g/mol. The van der Waals surface area contributed by atoms with Crippen molar-refractivity contribution in [3.05, 3.63) is 41.2 Å². The number of nitrogens with one attached hydrogen (secondary N) is 1. The Morgan fingerprint density at radius 2 is 1.67 bits per heavy atom. The summed E-state index contributed by atoms with van der Waals surface area (Å²) in [5.74, 6) is -0.0770. The van der Waals surface area contributed by atoms with Gasteiger partial charge in [0, 0.05) is 43.2 Å². The number of aryl methyl sites for hydroxylation is 2. The van der Waals surface area contributed by atoms with Crippen LogP contribution in [-0.2, 0) is 4.79 Å². The Bertz CT molecular complexity index is 939. The molecule has 2 aliphatic rings. The smallest absolute Gasteiger partial charge is 0.256 e. The van der Waals surface area contributed by atoms with Crippen LogP contribution in [0, 0.1) is 13.8 Å². The molecule has 0 aliphatic carbocycles. The van der Waals surface area contributed by atoms with Gasteiger partial charge >= 0.3 is 0 Å². The summed E-state index contributed by atoms with van der Waals surface area (Å²) in [6.45, 7) is 9.27. The van der Waals surface area contributed by atoms with Crippen LogP contribution in [0.3, 0.4) is 0 Å². The van der Waals surface area contributed by atoms with Gasteiger partial charge in [-0.1, -0.05) is 0 Å². The molecule has 3 heterocycles. The van der Waals surface area contributed by atoms with Crippen molar-refractivity contribution < 1.29 is 9.59 Å². The first-order valence-corrected chi connectivity index (χ1v) is 11.0. The summed E-state index contributed by atoms with van der Waals surface area (Å²) >= 11 is 0. The van der Waals surface area contributed by atoms with Gasteiger partial charge in [0.1, 0.15) is 6.04 Å². The van der Waals surface area contributed by atoms with Gasteiger partial charge in [-0.3, -0.25) is 14.3 Å². The molecule has 1 atom stereocenters. The predicted molar refractivity (Wildman–Crippen MR) is 118 cm³/mol. The molecule has 2 aromatic rings. The second kappa shape index (κ2) is 8.50. The minimum Gasteiger partial charge on any atom is -0.371 e. The maximum atomic E-state index is 13.2. The van der Waals surface area contributed by atoms with Crippen LogP contribution in [0.2, 0.25) is 0 Å². The van der Waals surface area contributed by atoms with E-state index >= 15 is 0 Å². The third kappa shape index (κ3) is 4.06. The number of anilines is 2. The molecule has 2 amide bonds. The van der Waals surface area contributed by atoms with Crippen molar-refractivity contribution >= 4 is 23.2 Å². The van der Waals surface area contributed by atoms with E-state index in [-0.39, 0.29) is 11.8 Å². The molecule has 1 aromatic heterocycles. The van der Waals surface area contributed by atoms with Gasteiger partial charge in [0.25, 0.3) is 5.91 Å². The van der Waals surface area contributed by atoms with Crippen molar-refractivity contribution in [1.82, 2.24) is 14.7 Å². The second-order valence-electron chi connectivity index (χ2n) is 8.46. The quantitative estimate of drug-likeness (QED) is 0.820. The number of likely N-dealkylation sites (tertiary alicyclic amines) is 1. The number of benzene rings is 1. The van der Waals surface area contributed by atoms with Crippen LogP contribution in [0.4, 0.5) is 11.4 Å². The monoisotopic (exact) mass is 409 g/mol. The van der Waals surface area contributed by atoms with Gasteiger partial charge < -0.3 is 15.1 Å². The van der Waals surface area contributed by atoms with E-state index in [1.165, 1.54) is 0 Å². The Kier molecular flexibility index (Phi) is 5.79. The van der Waals surface area contributed by atoms with Crippen molar-refractivity contribution in [2.24, 2.45) is 0 Å². The number of nitrogens with zero attached hydrogens (tertiary/aromatic N) is 4. The van der Waals surface area contributed by atoms with Crippen molar-refractivity contribution in [3.8, 4) is 0 Å². The van der Waals surface area contributed by atoms with Crippen LogP contribution in [0.25, 0.3) is 0 Å². The number of hydrogen-bond acceptors (Lipinski definition) is 4. The Hall–Kier alpha value is -2.83. The molecule has 0 spiro atoms. The zero-order valence-electron chi connectivity index (χ0n) is 18.1. The summed E-state index contributed by atoms with van der Waals surface area (Å²) in [6.07, 6.45) is 4.41. The molecule has 0 saturated carbocycles. The summed E-state index contributed by atoms with van der Waals surface area (Å²) in [4.78, 5) is 30.3. The SMILES string of the molecule is Cc1cc(C)n([C@H](C)C(=O)Nc2ccc(N3CCCC3)c(C(=O)N3CCCC3)c2)n1. The minimum absolute atomic E-state index is 0.0668. The van der Waals surface area contributed by atoms with E-state index in [9.17, 15) is 9.59 Å². The molecule has 0 bridgehead atoms. The molecule has 1 N–H and O–H groups in total. The molecule has 7 nitrogen and oxygen atoms in total. The Morgan fingerprint density at radius 3 is 2.30 bits per heavy atom. The lowest BCUT2D eigenvalue weighted by atomic mass is 10.1. The molecule has 160 valence electrons. The number of aromatic nitrogens is 2. The highest BCUT2D eigenvalue weighted by atomic mass is 16.2. The van der Waals surface area contributed by atoms with Gasteiger partial charge in [-0.2, -0.15) is 5.10 Å². The fourth-order valence-electron chi connectivity index (χ4n) is 4.51. The number of rotatable bonds is 5. The van der Waals surface area contributed by atoms with Gasteiger partial charge in [0.15, 0.2) is 0 Å². The lowest BCUT2D eigenvalue weighted by Crippen LogP contribution is -2.30. The van der Waals surface area contributed by atoms with Crippen LogP contribution in [-0.4, -0.2) is 52.7 Å². The van der Waals surface area contributed by atoms with E-state index in [4.69, 9.17) is 0 Å². The van der Waals surface area contributed by atoms with E-state index in [0.717, 1.165) is 68.9 Å². The maximum absolute atomic E-state index is 13.2. The molecular formula is C23H31N5O2. The largest absolute Gasteiger partial charge is 0.371 e. The highest BCUT2D eigenvalue weighted by Gasteiger charge is 2.26. The summed E-state index contributed by atoms with van der Waals surface area (Å²) in [5.41, 5.74) is 4.16. The molecule has 0 unspecified atom stereocenters. The van der Waals surface area contributed by atoms with Gasteiger partial charge in [-0.15, -0.1) is 0 Å². The summed E-state index contributed by atoms with van der Waals surface area (Å²) in [6, 6.07) is 7.26. The highest BCUT2D eigenvalue weighted by molar-refractivity contribution is 6.02. The predicted octanol–water partition coefficient (Wildman–Crippen LogP) is 3.54. The summed E-state index contributed by atoms with van der Waals surface area (Å²) < 4.78 is 1.74. The van der Waals surface area contributed by atoms with Crippen LogP contribution in [0.15, 0.2) is 24.3 Å². The highest BCUT2D eigenvalue weighted by Crippen LogP contribution is 2.30. The number of carbonyl (C=O) groups excluding carboxylic acids is 2. The molecule has 4 rings (SSSR count). The van der Waals surface area contributed by atoms with Crippen molar-refractivity contribution in [2.45, 2.75) is 52.5 Å². The average Bonchev–Trinajstić information content (AvgIpc) is 3.49. The first-order valence-electron chi connectivity index (χ1n) is 11.0.